The molecule has 0 saturated carbocycles. The smallest absolute Gasteiger partial charge is 0.306 e. The first-order chi connectivity index (χ1) is 20.9. The number of nitrogens with zero attached hydrogens (tertiary/aromatic N) is 1. The van der Waals surface area contributed by atoms with Crippen LogP contribution in [0.1, 0.15) is 36.7 Å². The molecule has 0 radical (unpaired) electrons. The SMILES string of the molecule is CC(CCC(=O)OC[C@H]1O[C@H](C#Cc2ccccc2)C=C[C@@H]1Oc1ccc(C)cc1)=NOC[C@@H](O)COCc1ccco1. The number of carbonyl (C=O) groups excluding carboxylic acids is 1. The van der Waals surface area contributed by atoms with E-state index in [0.717, 1.165) is 11.1 Å². The first-order valence-corrected chi connectivity index (χ1v) is 14.2. The predicted molar refractivity (Wildman–Crippen MR) is 160 cm³/mol. The number of benzene rings is 2. The van der Waals surface area contributed by atoms with Crippen LogP contribution in [0, 0.1) is 18.8 Å². The van der Waals surface area contributed by atoms with E-state index >= 15 is 0 Å². The molecule has 0 saturated heterocycles. The molecule has 3 aromatic rings. The van der Waals surface area contributed by atoms with Gasteiger partial charge in [-0.15, -0.1) is 0 Å². The van der Waals surface area contributed by atoms with Gasteiger partial charge in [0, 0.05) is 5.56 Å². The Balaban J connectivity index is 1.22. The standard InChI is InChI=1S/C34H37NO8/c1-25-10-14-29(15-11-25)42-32-18-17-30(16-13-27-7-4-3-5-8-27)43-33(32)24-40-34(37)19-12-26(2)35-41-22-28(36)21-38-23-31-9-6-20-39-31/h3-11,14-15,17-18,20,28,30,32-33,36H,12,19,21-24H2,1-2H3/t28-,30+,32-,33+/m0/s1. The Morgan fingerprint density at radius 3 is 2.60 bits per heavy atom. The van der Waals surface area contributed by atoms with Crippen molar-refractivity contribution in [3.8, 4) is 17.6 Å². The van der Waals surface area contributed by atoms with Crippen molar-refractivity contribution in [2.75, 3.05) is 19.8 Å². The molecule has 1 aliphatic rings. The number of aryl methyl sites for hydroxylation is 1. The minimum atomic E-state index is -0.850. The molecular weight excluding hydrogens is 550 g/mol. The van der Waals surface area contributed by atoms with Gasteiger partial charge in [0.25, 0.3) is 0 Å². The van der Waals surface area contributed by atoms with Gasteiger partial charge >= 0.3 is 5.97 Å². The second-order valence-electron chi connectivity index (χ2n) is 10.1. The Labute approximate surface area is 252 Å². The highest BCUT2D eigenvalue weighted by atomic mass is 16.6. The monoisotopic (exact) mass is 587 g/mol. The lowest BCUT2D eigenvalue weighted by atomic mass is 10.1. The van der Waals surface area contributed by atoms with Gasteiger partial charge in [-0.1, -0.05) is 52.9 Å². The summed E-state index contributed by atoms with van der Waals surface area (Å²) < 4.78 is 28.4. The maximum Gasteiger partial charge on any atom is 0.306 e. The summed E-state index contributed by atoms with van der Waals surface area (Å²) in [5.74, 6) is 7.19. The van der Waals surface area contributed by atoms with E-state index in [-0.39, 0.29) is 32.8 Å². The van der Waals surface area contributed by atoms with Crippen LogP contribution in [-0.2, 0) is 30.4 Å². The molecule has 1 N–H and O–H groups in total. The van der Waals surface area contributed by atoms with Crippen LogP contribution in [0.3, 0.4) is 0 Å². The van der Waals surface area contributed by atoms with Crippen LogP contribution < -0.4 is 4.74 Å². The number of aliphatic hydroxyl groups excluding tert-OH is 1. The van der Waals surface area contributed by atoms with Crippen LogP contribution in [0.15, 0.2) is 94.7 Å². The summed E-state index contributed by atoms with van der Waals surface area (Å²) in [6.45, 7) is 4.05. The molecule has 226 valence electrons. The fourth-order valence-corrected chi connectivity index (χ4v) is 3.97. The lowest BCUT2D eigenvalue weighted by molar-refractivity contribution is -0.151. The van der Waals surface area contributed by atoms with Gasteiger partial charge in [-0.3, -0.25) is 4.79 Å². The van der Waals surface area contributed by atoms with Gasteiger partial charge in [0.1, 0.15) is 55.7 Å². The van der Waals surface area contributed by atoms with E-state index in [4.69, 9.17) is 28.2 Å². The summed E-state index contributed by atoms with van der Waals surface area (Å²) in [4.78, 5) is 17.8. The molecule has 0 bridgehead atoms. The zero-order chi connectivity index (χ0) is 30.3. The van der Waals surface area contributed by atoms with Crippen molar-refractivity contribution in [3.05, 3.63) is 102 Å². The van der Waals surface area contributed by atoms with Gasteiger partial charge in [-0.05, 0) is 68.8 Å². The van der Waals surface area contributed by atoms with E-state index in [1.54, 1.807) is 25.3 Å². The lowest BCUT2D eigenvalue weighted by Gasteiger charge is -2.30. The maximum atomic E-state index is 12.6. The second-order valence-corrected chi connectivity index (χ2v) is 10.1. The molecule has 0 fully saturated rings. The number of aliphatic hydroxyl groups is 1. The van der Waals surface area contributed by atoms with E-state index in [0.29, 0.717) is 23.6 Å². The molecule has 9 heteroatoms. The summed E-state index contributed by atoms with van der Waals surface area (Å²) in [7, 11) is 0. The third-order valence-electron chi connectivity index (χ3n) is 6.31. The van der Waals surface area contributed by atoms with Gasteiger partial charge in [0.05, 0.1) is 25.0 Å². The van der Waals surface area contributed by atoms with E-state index in [1.165, 1.54) is 0 Å². The normalized spacial score (nSPS) is 18.8. The van der Waals surface area contributed by atoms with Gasteiger partial charge < -0.3 is 33.3 Å². The Kier molecular flexibility index (Phi) is 12.4. The van der Waals surface area contributed by atoms with Gasteiger partial charge in [-0.25, -0.2) is 0 Å². The number of furan rings is 1. The Morgan fingerprint density at radius 2 is 1.84 bits per heavy atom. The number of rotatable bonds is 14. The van der Waals surface area contributed by atoms with Crippen molar-refractivity contribution in [1.82, 2.24) is 0 Å². The summed E-state index contributed by atoms with van der Waals surface area (Å²) in [5, 5.41) is 14.0. The van der Waals surface area contributed by atoms with Gasteiger partial charge in [-0.2, -0.15) is 0 Å². The number of hydrogen-bond donors (Lipinski definition) is 1. The first-order valence-electron chi connectivity index (χ1n) is 14.2. The fraction of sp³-hybridized carbons (Fsp3) is 0.353. The zero-order valence-electron chi connectivity index (χ0n) is 24.4. The molecule has 0 spiro atoms. The summed E-state index contributed by atoms with van der Waals surface area (Å²) in [6, 6.07) is 20.9. The number of oxime groups is 1. The fourth-order valence-electron chi connectivity index (χ4n) is 3.97. The quantitative estimate of drug-likeness (QED) is 0.0923. The Bertz CT molecular complexity index is 1370. The Morgan fingerprint density at radius 1 is 1.02 bits per heavy atom. The van der Waals surface area contributed by atoms with E-state index in [2.05, 4.69) is 17.0 Å². The van der Waals surface area contributed by atoms with E-state index in [1.807, 2.05) is 73.7 Å². The first kappa shape index (κ1) is 31.6. The molecule has 0 unspecified atom stereocenters. The largest absolute Gasteiger partial charge is 0.483 e. The lowest BCUT2D eigenvalue weighted by Crippen LogP contribution is -2.42. The highest BCUT2D eigenvalue weighted by Crippen LogP contribution is 2.21. The van der Waals surface area contributed by atoms with Crippen molar-refractivity contribution < 1.29 is 38.1 Å². The van der Waals surface area contributed by atoms with Crippen LogP contribution in [0.5, 0.6) is 5.75 Å². The molecule has 43 heavy (non-hydrogen) atoms. The van der Waals surface area contributed by atoms with Crippen LogP contribution in [0.2, 0.25) is 0 Å². The molecule has 1 aromatic heterocycles. The van der Waals surface area contributed by atoms with Crippen molar-refractivity contribution in [3.63, 3.8) is 0 Å². The van der Waals surface area contributed by atoms with Crippen molar-refractivity contribution in [2.24, 2.45) is 5.16 Å². The zero-order valence-corrected chi connectivity index (χ0v) is 24.4. The molecule has 2 aromatic carbocycles. The summed E-state index contributed by atoms with van der Waals surface area (Å²) in [6.07, 6.45) is 3.42. The third kappa shape index (κ3) is 11.4. The molecule has 1 aliphatic heterocycles. The van der Waals surface area contributed by atoms with Crippen LogP contribution in [0.25, 0.3) is 0 Å². The van der Waals surface area contributed by atoms with Crippen LogP contribution in [0.4, 0.5) is 0 Å². The summed E-state index contributed by atoms with van der Waals surface area (Å²) >= 11 is 0. The van der Waals surface area contributed by atoms with Crippen molar-refractivity contribution >= 4 is 11.7 Å². The summed E-state index contributed by atoms with van der Waals surface area (Å²) in [5.41, 5.74) is 2.60. The molecule has 9 nitrogen and oxygen atoms in total. The minimum absolute atomic E-state index is 0.000106. The topological polar surface area (TPSA) is 109 Å². The molecule has 4 rings (SSSR count). The van der Waals surface area contributed by atoms with Crippen molar-refractivity contribution in [2.45, 2.75) is 57.7 Å². The van der Waals surface area contributed by atoms with Gasteiger partial charge in [0.2, 0.25) is 0 Å². The Hall–Kier alpha value is -4.36. The molecule has 0 amide bonds. The van der Waals surface area contributed by atoms with Crippen molar-refractivity contribution in [1.29, 1.82) is 0 Å². The number of ether oxygens (including phenoxy) is 4. The molecular formula is C34H37NO8. The number of esters is 1. The molecule has 2 heterocycles. The molecule has 0 aliphatic carbocycles. The van der Waals surface area contributed by atoms with Crippen LogP contribution >= 0.6 is 0 Å². The highest BCUT2D eigenvalue weighted by Gasteiger charge is 2.30. The van der Waals surface area contributed by atoms with E-state index < -0.39 is 30.4 Å². The minimum Gasteiger partial charge on any atom is -0.483 e. The molecule has 4 atom stereocenters. The van der Waals surface area contributed by atoms with Crippen LogP contribution in [-0.4, -0.2) is 61.0 Å². The highest BCUT2D eigenvalue weighted by molar-refractivity contribution is 5.85. The third-order valence-corrected chi connectivity index (χ3v) is 6.31. The maximum absolute atomic E-state index is 12.6. The average molecular weight is 588 g/mol. The number of hydrogen-bond acceptors (Lipinski definition) is 9. The van der Waals surface area contributed by atoms with Gasteiger partial charge in [0.15, 0.2) is 0 Å². The predicted octanol–water partition coefficient (Wildman–Crippen LogP) is 5.00. The second kappa shape index (κ2) is 16.9. The number of carbonyl (C=O) groups is 1. The average Bonchev–Trinajstić information content (AvgIpc) is 3.54. The van der Waals surface area contributed by atoms with E-state index in [9.17, 15) is 9.90 Å².